The minimum absolute atomic E-state index is 0.195. The van der Waals surface area contributed by atoms with Crippen LogP contribution in [-0.4, -0.2) is 10.3 Å². The lowest BCUT2D eigenvalue weighted by molar-refractivity contribution is 0.437. The molecule has 0 saturated heterocycles. The van der Waals surface area contributed by atoms with Gasteiger partial charge in [-0.1, -0.05) is 21.1 Å². The first kappa shape index (κ1) is 11.0. The third-order valence-electron chi connectivity index (χ3n) is 2.47. The van der Waals surface area contributed by atoms with Crippen LogP contribution in [0.4, 0.5) is 5.88 Å². The van der Waals surface area contributed by atoms with Gasteiger partial charge in [-0.05, 0) is 25.5 Å². The van der Waals surface area contributed by atoms with Gasteiger partial charge >= 0.3 is 0 Å². The SMILES string of the molecule is Cc1cc(Br)c(C)c(O)c1-c1cc(N)on1. The first-order valence-corrected chi connectivity index (χ1v) is 5.51. The quantitative estimate of drug-likeness (QED) is 0.843. The molecule has 84 valence electrons. The molecule has 1 aromatic carbocycles. The second-order valence-corrected chi connectivity index (χ2v) is 4.49. The van der Waals surface area contributed by atoms with E-state index in [2.05, 4.69) is 21.1 Å². The summed E-state index contributed by atoms with van der Waals surface area (Å²) in [6, 6.07) is 3.52. The van der Waals surface area contributed by atoms with Crippen molar-refractivity contribution < 1.29 is 9.63 Å². The molecule has 0 amide bonds. The summed E-state index contributed by atoms with van der Waals surface area (Å²) in [7, 11) is 0. The smallest absolute Gasteiger partial charge is 0.222 e. The Labute approximate surface area is 101 Å². The van der Waals surface area contributed by atoms with E-state index in [1.54, 1.807) is 6.07 Å². The molecule has 2 aromatic rings. The number of aromatic hydroxyl groups is 1. The minimum atomic E-state index is 0.195. The van der Waals surface area contributed by atoms with Crippen molar-refractivity contribution >= 4 is 21.8 Å². The van der Waals surface area contributed by atoms with Crippen molar-refractivity contribution in [2.45, 2.75) is 13.8 Å². The Morgan fingerprint density at radius 2 is 2.06 bits per heavy atom. The predicted molar refractivity (Wildman–Crippen MR) is 65.2 cm³/mol. The summed E-state index contributed by atoms with van der Waals surface area (Å²) in [6.45, 7) is 3.72. The number of halogens is 1. The van der Waals surface area contributed by atoms with Crippen LogP contribution in [0.2, 0.25) is 0 Å². The Bertz CT molecular complexity index is 549. The van der Waals surface area contributed by atoms with Crippen LogP contribution in [0.25, 0.3) is 11.3 Å². The molecule has 0 saturated carbocycles. The summed E-state index contributed by atoms with van der Waals surface area (Å²) >= 11 is 3.38. The normalized spacial score (nSPS) is 10.7. The average molecular weight is 283 g/mol. The lowest BCUT2D eigenvalue weighted by atomic mass is 10.0. The van der Waals surface area contributed by atoms with Gasteiger partial charge in [-0.3, -0.25) is 0 Å². The van der Waals surface area contributed by atoms with Gasteiger partial charge in [-0.2, -0.15) is 0 Å². The number of nitrogens with zero attached hydrogens (tertiary/aromatic N) is 1. The first-order valence-electron chi connectivity index (χ1n) is 4.72. The Morgan fingerprint density at radius 3 is 2.62 bits per heavy atom. The van der Waals surface area contributed by atoms with Crippen LogP contribution in [-0.2, 0) is 0 Å². The number of aryl methyl sites for hydroxylation is 1. The van der Waals surface area contributed by atoms with E-state index in [9.17, 15) is 5.11 Å². The lowest BCUT2D eigenvalue weighted by Gasteiger charge is -2.09. The summed E-state index contributed by atoms with van der Waals surface area (Å²) < 4.78 is 5.67. The number of nitrogen functional groups attached to an aromatic ring is 1. The van der Waals surface area contributed by atoms with E-state index in [0.717, 1.165) is 15.6 Å². The molecule has 2 rings (SSSR count). The summed E-state index contributed by atoms with van der Waals surface area (Å²) in [5.74, 6) is 0.426. The number of rotatable bonds is 1. The van der Waals surface area contributed by atoms with E-state index in [0.29, 0.717) is 11.3 Å². The highest BCUT2D eigenvalue weighted by Crippen LogP contribution is 2.38. The Morgan fingerprint density at radius 1 is 1.38 bits per heavy atom. The van der Waals surface area contributed by atoms with Crippen molar-refractivity contribution in [1.29, 1.82) is 0 Å². The fraction of sp³-hybridized carbons (Fsp3) is 0.182. The van der Waals surface area contributed by atoms with Gasteiger partial charge in [-0.25, -0.2) is 0 Å². The zero-order valence-electron chi connectivity index (χ0n) is 8.91. The molecular formula is C11H11BrN2O2. The topological polar surface area (TPSA) is 72.3 Å². The average Bonchev–Trinajstić information content (AvgIpc) is 2.61. The molecular weight excluding hydrogens is 272 g/mol. The monoisotopic (exact) mass is 282 g/mol. The van der Waals surface area contributed by atoms with Gasteiger partial charge in [0.2, 0.25) is 5.88 Å². The number of hydrogen-bond donors (Lipinski definition) is 2. The molecule has 0 fully saturated rings. The van der Waals surface area contributed by atoms with Gasteiger partial charge in [0, 0.05) is 21.7 Å². The third kappa shape index (κ3) is 1.67. The van der Waals surface area contributed by atoms with E-state index in [-0.39, 0.29) is 11.6 Å². The Kier molecular flexibility index (Phi) is 2.63. The molecule has 0 bridgehead atoms. The van der Waals surface area contributed by atoms with Crippen LogP contribution >= 0.6 is 15.9 Å². The van der Waals surface area contributed by atoms with Gasteiger partial charge in [0.25, 0.3) is 0 Å². The third-order valence-corrected chi connectivity index (χ3v) is 3.30. The zero-order valence-corrected chi connectivity index (χ0v) is 10.5. The molecule has 16 heavy (non-hydrogen) atoms. The van der Waals surface area contributed by atoms with Crippen LogP contribution in [0.5, 0.6) is 5.75 Å². The molecule has 4 nitrogen and oxygen atoms in total. The molecule has 0 aliphatic rings. The fourth-order valence-electron chi connectivity index (χ4n) is 1.59. The van der Waals surface area contributed by atoms with E-state index in [1.165, 1.54) is 0 Å². The number of phenols is 1. The summed E-state index contributed by atoms with van der Waals surface area (Å²) in [5, 5.41) is 13.9. The molecule has 0 atom stereocenters. The minimum Gasteiger partial charge on any atom is -0.507 e. The molecule has 0 radical (unpaired) electrons. The number of hydrogen-bond acceptors (Lipinski definition) is 4. The molecule has 1 heterocycles. The van der Waals surface area contributed by atoms with Gasteiger partial charge < -0.3 is 15.4 Å². The molecule has 5 heteroatoms. The van der Waals surface area contributed by atoms with Crippen LogP contribution in [0.1, 0.15) is 11.1 Å². The highest BCUT2D eigenvalue weighted by Gasteiger charge is 2.16. The molecule has 0 unspecified atom stereocenters. The summed E-state index contributed by atoms with van der Waals surface area (Å²) in [5.41, 5.74) is 8.33. The van der Waals surface area contributed by atoms with Crippen LogP contribution in [0, 0.1) is 13.8 Å². The summed E-state index contributed by atoms with van der Waals surface area (Å²) in [6.07, 6.45) is 0. The van der Waals surface area contributed by atoms with Crippen molar-refractivity contribution in [2.24, 2.45) is 0 Å². The number of aromatic nitrogens is 1. The van der Waals surface area contributed by atoms with Gasteiger partial charge in [0.05, 0.1) is 0 Å². The number of nitrogens with two attached hydrogens (primary N) is 1. The van der Waals surface area contributed by atoms with Crippen LogP contribution < -0.4 is 5.73 Å². The van der Waals surface area contributed by atoms with Crippen molar-refractivity contribution in [1.82, 2.24) is 5.16 Å². The number of anilines is 1. The van der Waals surface area contributed by atoms with E-state index < -0.39 is 0 Å². The molecule has 0 aliphatic carbocycles. The molecule has 0 aliphatic heterocycles. The van der Waals surface area contributed by atoms with Gasteiger partial charge in [-0.15, -0.1) is 0 Å². The van der Waals surface area contributed by atoms with Crippen LogP contribution in [0.3, 0.4) is 0 Å². The zero-order chi connectivity index (χ0) is 11.9. The van der Waals surface area contributed by atoms with Gasteiger partial charge in [0.1, 0.15) is 11.4 Å². The molecule has 1 aromatic heterocycles. The van der Waals surface area contributed by atoms with E-state index in [4.69, 9.17) is 10.3 Å². The Hall–Kier alpha value is -1.49. The molecule has 3 N–H and O–H groups in total. The number of phenolic OH excluding ortho intramolecular Hbond substituents is 1. The van der Waals surface area contributed by atoms with Gasteiger partial charge in [0.15, 0.2) is 0 Å². The van der Waals surface area contributed by atoms with E-state index in [1.807, 2.05) is 19.9 Å². The highest BCUT2D eigenvalue weighted by molar-refractivity contribution is 9.10. The van der Waals surface area contributed by atoms with Crippen molar-refractivity contribution in [3.05, 3.63) is 27.7 Å². The van der Waals surface area contributed by atoms with E-state index >= 15 is 0 Å². The highest BCUT2D eigenvalue weighted by atomic mass is 79.9. The maximum absolute atomic E-state index is 10.1. The lowest BCUT2D eigenvalue weighted by Crippen LogP contribution is -1.89. The second-order valence-electron chi connectivity index (χ2n) is 3.64. The maximum Gasteiger partial charge on any atom is 0.222 e. The fourth-order valence-corrected chi connectivity index (χ4v) is 2.12. The standard InChI is InChI=1S/C11H11BrN2O2/c1-5-3-7(12)6(2)11(15)10(5)8-4-9(13)16-14-8/h3-4,15H,13H2,1-2H3. The van der Waals surface area contributed by atoms with Crippen molar-refractivity contribution in [3.63, 3.8) is 0 Å². The maximum atomic E-state index is 10.1. The second kappa shape index (κ2) is 3.83. The predicted octanol–water partition coefficient (Wildman–Crippen LogP) is 3.01. The molecule has 0 spiro atoms. The first-order chi connectivity index (χ1) is 7.50. The number of benzene rings is 1. The van der Waals surface area contributed by atoms with Crippen LogP contribution in [0.15, 0.2) is 21.1 Å². The summed E-state index contributed by atoms with van der Waals surface area (Å²) in [4.78, 5) is 0. The largest absolute Gasteiger partial charge is 0.507 e. The van der Waals surface area contributed by atoms with Crippen molar-refractivity contribution in [3.8, 4) is 17.0 Å². The Balaban J connectivity index is 2.70. The van der Waals surface area contributed by atoms with Crippen molar-refractivity contribution in [2.75, 3.05) is 5.73 Å².